The number of pyridine rings is 1. The molecule has 0 bridgehead atoms. The van der Waals surface area contributed by atoms with Crippen molar-refractivity contribution in [1.29, 1.82) is 5.26 Å². The minimum Gasteiger partial charge on any atom is -0.356 e. The van der Waals surface area contributed by atoms with E-state index < -0.39 is 0 Å². The number of nitrogens with zero attached hydrogens (tertiary/aromatic N) is 3. The predicted molar refractivity (Wildman–Crippen MR) is 62.9 cm³/mol. The molecule has 1 aromatic rings. The van der Waals surface area contributed by atoms with Crippen molar-refractivity contribution in [3.63, 3.8) is 0 Å². The van der Waals surface area contributed by atoms with Gasteiger partial charge in [0, 0.05) is 25.3 Å². The first-order chi connectivity index (χ1) is 7.70. The van der Waals surface area contributed by atoms with Crippen LogP contribution in [0.25, 0.3) is 0 Å². The van der Waals surface area contributed by atoms with Crippen molar-refractivity contribution in [3.8, 4) is 6.07 Å². The fourth-order valence-corrected chi connectivity index (χ4v) is 2.01. The summed E-state index contributed by atoms with van der Waals surface area (Å²) in [5.41, 5.74) is 6.58. The lowest BCUT2D eigenvalue weighted by Gasteiger charge is -2.35. The van der Waals surface area contributed by atoms with E-state index in [0.717, 1.165) is 25.3 Å². The smallest absolute Gasteiger partial charge is 0.128 e. The summed E-state index contributed by atoms with van der Waals surface area (Å²) in [6.07, 6.45) is 2.62. The second kappa shape index (κ2) is 4.50. The Balaban J connectivity index is 2.10. The molecule has 1 aliphatic heterocycles. The van der Waals surface area contributed by atoms with Crippen LogP contribution < -0.4 is 10.6 Å². The third-order valence-corrected chi connectivity index (χ3v) is 3.17. The third-order valence-electron chi connectivity index (χ3n) is 3.17. The Morgan fingerprint density at radius 3 is 2.94 bits per heavy atom. The van der Waals surface area contributed by atoms with Crippen molar-refractivity contribution < 1.29 is 0 Å². The molecular formula is C12H16N4. The Labute approximate surface area is 95.7 Å². The normalized spacial score (nSPS) is 25.2. The molecule has 1 fully saturated rings. The van der Waals surface area contributed by atoms with Crippen LogP contribution in [0.1, 0.15) is 18.9 Å². The fourth-order valence-electron chi connectivity index (χ4n) is 2.01. The monoisotopic (exact) mass is 216 g/mol. The van der Waals surface area contributed by atoms with E-state index in [0.29, 0.717) is 17.5 Å². The number of piperidine rings is 1. The summed E-state index contributed by atoms with van der Waals surface area (Å²) in [4.78, 5) is 6.53. The molecule has 84 valence electrons. The highest BCUT2D eigenvalue weighted by atomic mass is 15.2. The van der Waals surface area contributed by atoms with Gasteiger partial charge in [-0.1, -0.05) is 6.92 Å². The van der Waals surface area contributed by atoms with E-state index in [4.69, 9.17) is 11.0 Å². The number of rotatable bonds is 1. The molecule has 1 aromatic heterocycles. The van der Waals surface area contributed by atoms with Gasteiger partial charge in [-0.05, 0) is 24.5 Å². The van der Waals surface area contributed by atoms with Crippen LogP contribution >= 0.6 is 0 Å². The summed E-state index contributed by atoms with van der Waals surface area (Å²) < 4.78 is 0. The molecule has 0 saturated carbocycles. The van der Waals surface area contributed by atoms with Gasteiger partial charge in [-0.25, -0.2) is 4.98 Å². The van der Waals surface area contributed by atoms with E-state index in [1.807, 2.05) is 12.1 Å². The minimum absolute atomic E-state index is 0.301. The number of hydrogen-bond donors (Lipinski definition) is 1. The maximum atomic E-state index is 8.70. The highest BCUT2D eigenvalue weighted by Gasteiger charge is 2.23. The molecule has 0 spiro atoms. The second-order valence-corrected chi connectivity index (χ2v) is 4.39. The van der Waals surface area contributed by atoms with Crippen LogP contribution in [0.15, 0.2) is 18.3 Å². The van der Waals surface area contributed by atoms with Gasteiger partial charge in [0.15, 0.2) is 0 Å². The number of anilines is 1. The topological polar surface area (TPSA) is 65.9 Å². The molecule has 0 aliphatic carbocycles. The fraction of sp³-hybridized carbons (Fsp3) is 0.500. The maximum absolute atomic E-state index is 8.70. The third kappa shape index (κ3) is 2.15. The molecule has 1 aliphatic rings. The van der Waals surface area contributed by atoms with Crippen LogP contribution in [0.2, 0.25) is 0 Å². The quantitative estimate of drug-likeness (QED) is 0.764. The first-order valence-electron chi connectivity index (χ1n) is 5.57. The largest absolute Gasteiger partial charge is 0.356 e. The molecule has 2 heterocycles. The van der Waals surface area contributed by atoms with Crippen LogP contribution in [-0.2, 0) is 0 Å². The van der Waals surface area contributed by atoms with Crippen molar-refractivity contribution in [1.82, 2.24) is 4.98 Å². The van der Waals surface area contributed by atoms with Gasteiger partial charge in [0.05, 0.1) is 5.56 Å². The van der Waals surface area contributed by atoms with E-state index in [9.17, 15) is 0 Å². The molecular weight excluding hydrogens is 200 g/mol. The standard InChI is InChI=1S/C12H16N4/c1-9-8-16(5-4-11(9)14)12-3-2-10(6-13)7-15-12/h2-3,7,9,11H,4-5,8,14H2,1H3. The summed E-state index contributed by atoms with van der Waals surface area (Å²) >= 11 is 0. The first-order valence-corrected chi connectivity index (χ1v) is 5.57. The average Bonchev–Trinajstić information content (AvgIpc) is 2.33. The second-order valence-electron chi connectivity index (χ2n) is 4.39. The highest BCUT2D eigenvalue weighted by molar-refractivity contribution is 5.42. The molecule has 4 heteroatoms. The zero-order valence-electron chi connectivity index (χ0n) is 9.43. The molecule has 16 heavy (non-hydrogen) atoms. The van der Waals surface area contributed by atoms with E-state index in [-0.39, 0.29) is 0 Å². The summed E-state index contributed by atoms with van der Waals surface area (Å²) in [5.74, 6) is 1.43. The predicted octanol–water partition coefficient (Wildman–Crippen LogP) is 1.13. The maximum Gasteiger partial charge on any atom is 0.128 e. The summed E-state index contributed by atoms with van der Waals surface area (Å²) in [6.45, 7) is 4.06. The molecule has 2 atom stereocenters. The van der Waals surface area contributed by atoms with E-state index in [2.05, 4.69) is 22.9 Å². The summed E-state index contributed by atoms with van der Waals surface area (Å²) in [7, 11) is 0. The molecule has 4 nitrogen and oxygen atoms in total. The van der Waals surface area contributed by atoms with E-state index in [1.54, 1.807) is 6.20 Å². The lowest BCUT2D eigenvalue weighted by Crippen LogP contribution is -2.46. The molecule has 0 amide bonds. The Morgan fingerprint density at radius 2 is 2.38 bits per heavy atom. The lowest BCUT2D eigenvalue weighted by atomic mass is 9.95. The van der Waals surface area contributed by atoms with Gasteiger partial charge in [-0.3, -0.25) is 0 Å². The Bertz CT molecular complexity index is 392. The minimum atomic E-state index is 0.301. The van der Waals surface area contributed by atoms with E-state index in [1.165, 1.54) is 0 Å². The number of nitriles is 1. The van der Waals surface area contributed by atoms with Gasteiger partial charge in [0.25, 0.3) is 0 Å². The van der Waals surface area contributed by atoms with Crippen molar-refractivity contribution in [2.75, 3.05) is 18.0 Å². The van der Waals surface area contributed by atoms with Crippen molar-refractivity contribution in [2.24, 2.45) is 11.7 Å². The zero-order valence-corrected chi connectivity index (χ0v) is 9.43. The van der Waals surface area contributed by atoms with Crippen molar-refractivity contribution in [3.05, 3.63) is 23.9 Å². The number of aromatic nitrogens is 1. The van der Waals surface area contributed by atoms with Crippen LogP contribution in [0.3, 0.4) is 0 Å². The first kappa shape index (κ1) is 10.9. The Hall–Kier alpha value is -1.60. The van der Waals surface area contributed by atoms with Gasteiger partial charge in [0.1, 0.15) is 11.9 Å². The zero-order chi connectivity index (χ0) is 11.5. The molecule has 0 radical (unpaired) electrons. The van der Waals surface area contributed by atoms with E-state index >= 15 is 0 Å². The summed E-state index contributed by atoms with van der Waals surface area (Å²) in [5, 5.41) is 8.70. The van der Waals surface area contributed by atoms with Gasteiger partial charge < -0.3 is 10.6 Å². The van der Waals surface area contributed by atoms with Crippen molar-refractivity contribution >= 4 is 5.82 Å². The van der Waals surface area contributed by atoms with Crippen LogP contribution in [0.5, 0.6) is 0 Å². The van der Waals surface area contributed by atoms with Crippen LogP contribution in [0.4, 0.5) is 5.82 Å². The SMILES string of the molecule is CC1CN(c2ccc(C#N)cn2)CCC1N. The van der Waals surface area contributed by atoms with Gasteiger partial charge in [-0.2, -0.15) is 5.26 Å². The molecule has 2 unspecified atom stereocenters. The Kier molecular flexibility index (Phi) is 3.07. The molecule has 2 rings (SSSR count). The molecule has 2 N–H and O–H groups in total. The Morgan fingerprint density at radius 1 is 1.56 bits per heavy atom. The number of nitrogens with two attached hydrogens (primary N) is 1. The average molecular weight is 216 g/mol. The molecule has 1 saturated heterocycles. The number of hydrogen-bond acceptors (Lipinski definition) is 4. The molecule has 0 aromatic carbocycles. The van der Waals surface area contributed by atoms with Gasteiger partial charge in [-0.15, -0.1) is 0 Å². The highest BCUT2D eigenvalue weighted by Crippen LogP contribution is 2.20. The van der Waals surface area contributed by atoms with Gasteiger partial charge >= 0.3 is 0 Å². The van der Waals surface area contributed by atoms with Crippen LogP contribution in [0, 0.1) is 17.2 Å². The van der Waals surface area contributed by atoms with Crippen LogP contribution in [-0.4, -0.2) is 24.1 Å². The summed E-state index contributed by atoms with van der Waals surface area (Å²) in [6, 6.07) is 6.08. The van der Waals surface area contributed by atoms with Gasteiger partial charge in [0.2, 0.25) is 0 Å². The van der Waals surface area contributed by atoms with Crippen molar-refractivity contribution in [2.45, 2.75) is 19.4 Å². The lowest BCUT2D eigenvalue weighted by molar-refractivity contribution is 0.381.